The maximum atomic E-state index is 11.9. The van der Waals surface area contributed by atoms with Gasteiger partial charge in [-0.05, 0) is 25.8 Å². The minimum Gasteiger partial charge on any atom is -0.372 e. The first-order valence-electron chi connectivity index (χ1n) is 7.08. The third-order valence-corrected chi connectivity index (χ3v) is 3.18. The van der Waals surface area contributed by atoms with Crippen molar-refractivity contribution in [1.82, 2.24) is 10.2 Å². The molecule has 0 saturated carbocycles. The molecule has 1 aliphatic rings. The highest BCUT2D eigenvalue weighted by atomic mass is 19.4. The second-order valence-electron chi connectivity index (χ2n) is 5.05. The van der Waals surface area contributed by atoms with Gasteiger partial charge in [0.15, 0.2) is 0 Å². The third kappa shape index (κ3) is 7.09. The molecule has 1 saturated heterocycles. The molecule has 1 aliphatic heterocycles. The monoisotopic (exact) mass is 296 g/mol. The molecule has 20 heavy (non-hydrogen) atoms. The highest BCUT2D eigenvalue weighted by Gasteiger charge is 2.28. The smallest absolute Gasteiger partial charge is 0.372 e. The van der Waals surface area contributed by atoms with Gasteiger partial charge >= 0.3 is 6.18 Å². The summed E-state index contributed by atoms with van der Waals surface area (Å²) in [6.45, 7) is 2.85. The van der Waals surface area contributed by atoms with Crippen LogP contribution in [0.2, 0.25) is 0 Å². The Morgan fingerprint density at radius 1 is 1.45 bits per heavy atom. The summed E-state index contributed by atoms with van der Waals surface area (Å²) >= 11 is 0. The molecule has 1 amide bonds. The number of hydrogen-bond acceptors (Lipinski definition) is 3. The number of ether oxygens (including phenoxy) is 1. The van der Waals surface area contributed by atoms with Gasteiger partial charge in [0.1, 0.15) is 6.61 Å². The molecular formula is C13H23F3N2O2. The molecule has 1 N–H and O–H groups in total. The van der Waals surface area contributed by atoms with Crippen LogP contribution in [0.5, 0.6) is 0 Å². The van der Waals surface area contributed by atoms with Crippen LogP contribution >= 0.6 is 0 Å². The van der Waals surface area contributed by atoms with Crippen molar-refractivity contribution in [1.29, 1.82) is 0 Å². The Hall–Kier alpha value is -0.820. The van der Waals surface area contributed by atoms with Gasteiger partial charge in [-0.25, -0.2) is 0 Å². The summed E-state index contributed by atoms with van der Waals surface area (Å²) in [5.74, 6) is -0.129. The Bertz CT molecular complexity index is 298. The number of carbonyl (C=O) groups is 1. The number of nitrogens with zero attached hydrogens (tertiary/aromatic N) is 1. The van der Waals surface area contributed by atoms with Crippen LogP contribution in [0.4, 0.5) is 13.2 Å². The Kier molecular flexibility index (Phi) is 7.29. The van der Waals surface area contributed by atoms with Gasteiger partial charge in [-0.3, -0.25) is 4.79 Å². The third-order valence-electron chi connectivity index (χ3n) is 3.18. The van der Waals surface area contributed by atoms with Crippen molar-refractivity contribution in [3.63, 3.8) is 0 Å². The van der Waals surface area contributed by atoms with Crippen molar-refractivity contribution in [2.75, 3.05) is 32.8 Å². The van der Waals surface area contributed by atoms with Gasteiger partial charge < -0.3 is 15.0 Å². The van der Waals surface area contributed by atoms with Crippen LogP contribution in [0, 0.1) is 0 Å². The van der Waals surface area contributed by atoms with Crippen LogP contribution < -0.4 is 5.32 Å². The molecule has 4 nitrogen and oxygen atoms in total. The molecule has 0 radical (unpaired) electrons. The maximum absolute atomic E-state index is 11.9. The lowest BCUT2D eigenvalue weighted by atomic mass is 10.1. The molecule has 0 spiro atoms. The van der Waals surface area contributed by atoms with Gasteiger partial charge in [0, 0.05) is 19.1 Å². The number of hydrogen-bond donors (Lipinski definition) is 1. The average molecular weight is 296 g/mol. The van der Waals surface area contributed by atoms with Crippen molar-refractivity contribution in [3.8, 4) is 0 Å². The standard InChI is InChI=1S/C13H23F3N2O2/c1-2-6-17-11-4-3-7-18(9-11)12(19)5-8-20-10-13(14,15)16/h11,17H,2-10H2,1H3. The molecule has 0 aromatic heterocycles. The van der Waals surface area contributed by atoms with E-state index in [0.717, 1.165) is 25.8 Å². The fourth-order valence-corrected chi connectivity index (χ4v) is 2.22. The summed E-state index contributed by atoms with van der Waals surface area (Å²) < 4.78 is 40.1. The first kappa shape index (κ1) is 17.2. The summed E-state index contributed by atoms with van der Waals surface area (Å²) in [6.07, 6.45) is -1.32. The molecule has 118 valence electrons. The van der Waals surface area contributed by atoms with E-state index in [0.29, 0.717) is 19.1 Å². The first-order chi connectivity index (χ1) is 9.42. The van der Waals surface area contributed by atoms with Gasteiger partial charge in [-0.2, -0.15) is 13.2 Å². The normalized spacial score (nSPS) is 20.2. The minimum atomic E-state index is -4.33. The minimum absolute atomic E-state index is 0.0105. The lowest BCUT2D eigenvalue weighted by Crippen LogP contribution is -2.48. The van der Waals surface area contributed by atoms with E-state index in [1.54, 1.807) is 4.90 Å². The van der Waals surface area contributed by atoms with E-state index in [9.17, 15) is 18.0 Å². The molecule has 1 heterocycles. The molecular weight excluding hydrogens is 273 g/mol. The number of alkyl halides is 3. The average Bonchev–Trinajstić information content (AvgIpc) is 2.40. The zero-order valence-corrected chi connectivity index (χ0v) is 11.8. The Labute approximate surface area is 117 Å². The topological polar surface area (TPSA) is 41.6 Å². The van der Waals surface area contributed by atoms with E-state index in [1.807, 2.05) is 0 Å². The Morgan fingerprint density at radius 3 is 2.85 bits per heavy atom. The van der Waals surface area contributed by atoms with Gasteiger partial charge in [-0.15, -0.1) is 0 Å². The van der Waals surface area contributed by atoms with E-state index in [-0.39, 0.29) is 18.9 Å². The zero-order chi connectivity index (χ0) is 15.0. The fourth-order valence-electron chi connectivity index (χ4n) is 2.22. The zero-order valence-electron chi connectivity index (χ0n) is 11.8. The van der Waals surface area contributed by atoms with Crippen molar-refractivity contribution in [3.05, 3.63) is 0 Å². The number of carbonyl (C=O) groups excluding carboxylic acids is 1. The second kappa shape index (κ2) is 8.46. The molecule has 1 fully saturated rings. The molecule has 7 heteroatoms. The quantitative estimate of drug-likeness (QED) is 0.730. The van der Waals surface area contributed by atoms with Gasteiger partial charge in [0.05, 0.1) is 13.0 Å². The molecule has 1 atom stereocenters. The number of rotatable bonds is 7. The van der Waals surface area contributed by atoms with Crippen LogP contribution in [0.1, 0.15) is 32.6 Å². The largest absolute Gasteiger partial charge is 0.411 e. The van der Waals surface area contributed by atoms with Crippen LogP contribution in [0.15, 0.2) is 0 Å². The van der Waals surface area contributed by atoms with E-state index in [1.165, 1.54) is 0 Å². The SMILES string of the molecule is CCCNC1CCCN(C(=O)CCOCC(F)(F)F)C1. The van der Waals surface area contributed by atoms with E-state index in [4.69, 9.17) is 0 Å². The summed E-state index contributed by atoms with van der Waals surface area (Å²) in [6, 6.07) is 0.295. The summed E-state index contributed by atoms with van der Waals surface area (Å²) in [4.78, 5) is 13.6. The van der Waals surface area contributed by atoms with Crippen LogP contribution in [-0.4, -0.2) is 55.9 Å². The van der Waals surface area contributed by atoms with E-state index >= 15 is 0 Å². The van der Waals surface area contributed by atoms with Crippen LogP contribution in [-0.2, 0) is 9.53 Å². The molecule has 0 aromatic rings. The molecule has 1 rings (SSSR count). The number of amides is 1. The van der Waals surface area contributed by atoms with Crippen molar-refractivity contribution >= 4 is 5.91 Å². The van der Waals surface area contributed by atoms with Crippen molar-refractivity contribution < 1.29 is 22.7 Å². The van der Waals surface area contributed by atoms with E-state index in [2.05, 4.69) is 17.0 Å². The molecule has 0 aromatic carbocycles. The summed E-state index contributed by atoms with van der Waals surface area (Å²) in [5.41, 5.74) is 0. The highest BCUT2D eigenvalue weighted by molar-refractivity contribution is 5.76. The summed E-state index contributed by atoms with van der Waals surface area (Å²) in [5, 5.41) is 3.37. The molecule has 0 aliphatic carbocycles. The maximum Gasteiger partial charge on any atom is 0.411 e. The van der Waals surface area contributed by atoms with Crippen molar-refractivity contribution in [2.24, 2.45) is 0 Å². The van der Waals surface area contributed by atoms with E-state index < -0.39 is 12.8 Å². The Balaban J connectivity index is 2.21. The van der Waals surface area contributed by atoms with Crippen molar-refractivity contribution in [2.45, 2.75) is 44.8 Å². The number of halogens is 3. The predicted molar refractivity (Wildman–Crippen MR) is 69.4 cm³/mol. The van der Waals surface area contributed by atoms with Crippen LogP contribution in [0.3, 0.4) is 0 Å². The lowest BCUT2D eigenvalue weighted by molar-refractivity contribution is -0.175. The second-order valence-corrected chi connectivity index (χ2v) is 5.05. The number of nitrogens with one attached hydrogen (secondary N) is 1. The lowest BCUT2D eigenvalue weighted by Gasteiger charge is -2.33. The predicted octanol–water partition coefficient (Wildman–Crippen LogP) is 1.95. The summed E-state index contributed by atoms with van der Waals surface area (Å²) in [7, 11) is 0. The molecule has 1 unspecified atom stereocenters. The highest BCUT2D eigenvalue weighted by Crippen LogP contribution is 2.15. The molecule has 0 bridgehead atoms. The van der Waals surface area contributed by atoms with Gasteiger partial charge in [-0.1, -0.05) is 6.92 Å². The first-order valence-corrected chi connectivity index (χ1v) is 7.08. The number of piperidine rings is 1. The van der Waals surface area contributed by atoms with Gasteiger partial charge in [0.25, 0.3) is 0 Å². The number of likely N-dealkylation sites (tertiary alicyclic amines) is 1. The van der Waals surface area contributed by atoms with Crippen LogP contribution in [0.25, 0.3) is 0 Å². The van der Waals surface area contributed by atoms with Gasteiger partial charge in [0.2, 0.25) is 5.91 Å². The fraction of sp³-hybridized carbons (Fsp3) is 0.923. The Morgan fingerprint density at radius 2 is 2.20 bits per heavy atom.